The molecule has 3 heteroatoms. The number of hydrogen-bond donors (Lipinski definition) is 0. The molecule has 0 saturated carbocycles. The molecule has 12 heavy (non-hydrogen) atoms. The molecule has 0 aliphatic carbocycles. The molecule has 0 aromatic heterocycles. The first kappa shape index (κ1) is 9.52. The topological polar surface area (TPSA) is 35.5 Å². The first-order valence-corrected chi connectivity index (χ1v) is 4.50. The largest absolute Gasteiger partial charge is 0.466 e. The predicted molar refractivity (Wildman–Crippen MR) is 44.7 cm³/mol. The van der Waals surface area contributed by atoms with E-state index in [1.807, 2.05) is 13.8 Å². The molecule has 1 fully saturated rings. The fourth-order valence-electron chi connectivity index (χ4n) is 1.41. The van der Waals surface area contributed by atoms with Gasteiger partial charge in [0.1, 0.15) is 0 Å². The van der Waals surface area contributed by atoms with E-state index in [0.29, 0.717) is 19.1 Å². The molecule has 2 atom stereocenters. The van der Waals surface area contributed by atoms with Gasteiger partial charge < -0.3 is 9.47 Å². The van der Waals surface area contributed by atoms with E-state index in [1.165, 1.54) is 0 Å². The predicted octanol–water partition coefficient (Wildman–Crippen LogP) is 1.22. The summed E-state index contributed by atoms with van der Waals surface area (Å²) in [4.78, 5) is 11.3. The number of ether oxygens (including phenoxy) is 2. The van der Waals surface area contributed by atoms with Crippen LogP contribution in [0.1, 0.15) is 20.3 Å². The van der Waals surface area contributed by atoms with Crippen molar-refractivity contribution in [3.05, 3.63) is 0 Å². The Morgan fingerprint density at radius 2 is 2.50 bits per heavy atom. The summed E-state index contributed by atoms with van der Waals surface area (Å²) in [7, 11) is 0. The second kappa shape index (κ2) is 4.45. The molecule has 0 bridgehead atoms. The smallest absolute Gasteiger partial charge is 0.309 e. The van der Waals surface area contributed by atoms with Gasteiger partial charge in [-0.2, -0.15) is 0 Å². The fourth-order valence-corrected chi connectivity index (χ4v) is 1.41. The van der Waals surface area contributed by atoms with Crippen LogP contribution < -0.4 is 0 Å². The summed E-state index contributed by atoms with van der Waals surface area (Å²) in [6.07, 6.45) is 0.986. The maximum atomic E-state index is 11.3. The molecular formula is C9H16O3. The van der Waals surface area contributed by atoms with Crippen LogP contribution in [-0.4, -0.2) is 25.8 Å². The minimum Gasteiger partial charge on any atom is -0.466 e. The molecule has 1 aliphatic rings. The first-order valence-electron chi connectivity index (χ1n) is 4.50. The normalized spacial score (nSPS) is 25.3. The minimum absolute atomic E-state index is 0.00699. The molecule has 0 aromatic rings. The van der Waals surface area contributed by atoms with Crippen LogP contribution in [0.5, 0.6) is 0 Å². The number of carbonyl (C=O) groups is 1. The van der Waals surface area contributed by atoms with E-state index in [0.717, 1.165) is 13.0 Å². The maximum absolute atomic E-state index is 11.3. The number of esters is 1. The van der Waals surface area contributed by atoms with E-state index in [4.69, 9.17) is 9.47 Å². The average molecular weight is 172 g/mol. The van der Waals surface area contributed by atoms with Gasteiger partial charge in [-0.25, -0.2) is 0 Å². The monoisotopic (exact) mass is 172 g/mol. The Kier molecular flexibility index (Phi) is 3.53. The summed E-state index contributed by atoms with van der Waals surface area (Å²) < 4.78 is 10.1. The summed E-state index contributed by atoms with van der Waals surface area (Å²) in [6.45, 7) is 5.71. The van der Waals surface area contributed by atoms with Crippen LogP contribution in [0.3, 0.4) is 0 Å². The van der Waals surface area contributed by atoms with Gasteiger partial charge in [0.15, 0.2) is 0 Å². The minimum atomic E-state index is -0.0898. The van der Waals surface area contributed by atoms with Gasteiger partial charge in [0, 0.05) is 6.61 Å². The van der Waals surface area contributed by atoms with Crippen LogP contribution in [0.4, 0.5) is 0 Å². The molecule has 3 nitrogen and oxygen atoms in total. The van der Waals surface area contributed by atoms with Crippen LogP contribution >= 0.6 is 0 Å². The highest BCUT2D eigenvalue weighted by molar-refractivity contribution is 5.72. The van der Waals surface area contributed by atoms with Gasteiger partial charge >= 0.3 is 5.97 Å². The zero-order chi connectivity index (χ0) is 8.97. The average Bonchev–Trinajstić information content (AvgIpc) is 2.55. The van der Waals surface area contributed by atoms with E-state index in [2.05, 4.69) is 0 Å². The van der Waals surface area contributed by atoms with Crippen molar-refractivity contribution in [3.63, 3.8) is 0 Å². The van der Waals surface area contributed by atoms with Gasteiger partial charge in [-0.1, -0.05) is 6.92 Å². The molecule has 1 saturated heterocycles. The quantitative estimate of drug-likeness (QED) is 0.600. The Bertz CT molecular complexity index is 150. The van der Waals surface area contributed by atoms with Crippen LogP contribution in [0.15, 0.2) is 0 Å². The molecule has 0 radical (unpaired) electrons. The van der Waals surface area contributed by atoms with Gasteiger partial charge in [0.25, 0.3) is 0 Å². The highest BCUT2D eigenvalue weighted by Crippen LogP contribution is 2.22. The molecule has 2 unspecified atom stereocenters. The molecule has 1 heterocycles. The zero-order valence-corrected chi connectivity index (χ0v) is 7.71. The third-order valence-corrected chi connectivity index (χ3v) is 2.33. The van der Waals surface area contributed by atoms with Crippen LogP contribution in [0.25, 0.3) is 0 Å². The summed E-state index contributed by atoms with van der Waals surface area (Å²) in [5.74, 6) is 0.268. The van der Waals surface area contributed by atoms with Crippen molar-refractivity contribution < 1.29 is 14.3 Å². The van der Waals surface area contributed by atoms with E-state index < -0.39 is 0 Å². The molecule has 0 aromatic carbocycles. The molecule has 0 N–H and O–H groups in total. The van der Waals surface area contributed by atoms with E-state index in [9.17, 15) is 4.79 Å². The lowest BCUT2D eigenvalue weighted by atomic mass is 9.94. The standard InChI is InChI=1S/C9H16O3/c1-3-12-9(10)7(2)8-4-5-11-6-8/h7-8H,3-6H2,1-2H3. The fraction of sp³-hybridized carbons (Fsp3) is 0.889. The second-order valence-corrected chi connectivity index (χ2v) is 3.16. The third-order valence-electron chi connectivity index (χ3n) is 2.33. The van der Waals surface area contributed by atoms with Gasteiger partial charge in [-0.3, -0.25) is 4.79 Å². The van der Waals surface area contributed by atoms with Gasteiger partial charge in [-0.15, -0.1) is 0 Å². The SMILES string of the molecule is CCOC(=O)C(C)C1CCOC1. The molecule has 1 aliphatic heterocycles. The van der Waals surface area contributed by atoms with E-state index in [-0.39, 0.29) is 11.9 Å². The third kappa shape index (κ3) is 2.21. The van der Waals surface area contributed by atoms with Crippen molar-refractivity contribution in [2.45, 2.75) is 20.3 Å². The Morgan fingerprint density at radius 3 is 3.00 bits per heavy atom. The van der Waals surface area contributed by atoms with E-state index in [1.54, 1.807) is 0 Å². The van der Waals surface area contributed by atoms with Crippen LogP contribution in [0, 0.1) is 11.8 Å². The van der Waals surface area contributed by atoms with Crippen LogP contribution in [-0.2, 0) is 14.3 Å². The Balaban J connectivity index is 2.34. The molecule has 0 spiro atoms. The summed E-state index contributed by atoms with van der Waals surface area (Å²) in [6, 6.07) is 0. The second-order valence-electron chi connectivity index (χ2n) is 3.16. The zero-order valence-electron chi connectivity index (χ0n) is 7.71. The Labute approximate surface area is 73.0 Å². The van der Waals surface area contributed by atoms with Crippen molar-refractivity contribution in [2.75, 3.05) is 19.8 Å². The lowest BCUT2D eigenvalue weighted by Gasteiger charge is -2.15. The molecular weight excluding hydrogens is 156 g/mol. The molecule has 70 valence electrons. The van der Waals surface area contributed by atoms with Gasteiger partial charge in [0.2, 0.25) is 0 Å². The van der Waals surface area contributed by atoms with Crippen LogP contribution in [0.2, 0.25) is 0 Å². The van der Waals surface area contributed by atoms with Gasteiger partial charge in [-0.05, 0) is 19.3 Å². The van der Waals surface area contributed by atoms with Crippen molar-refractivity contribution in [1.29, 1.82) is 0 Å². The van der Waals surface area contributed by atoms with Crippen molar-refractivity contribution in [2.24, 2.45) is 11.8 Å². The molecule has 0 amide bonds. The highest BCUT2D eigenvalue weighted by atomic mass is 16.5. The maximum Gasteiger partial charge on any atom is 0.309 e. The van der Waals surface area contributed by atoms with Crippen molar-refractivity contribution in [3.8, 4) is 0 Å². The van der Waals surface area contributed by atoms with E-state index >= 15 is 0 Å². The van der Waals surface area contributed by atoms with Crippen molar-refractivity contribution >= 4 is 5.97 Å². The number of carbonyl (C=O) groups excluding carboxylic acids is 1. The molecule has 1 rings (SSSR count). The lowest BCUT2D eigenvalue weighted by Crippen LogP contribution is -2.23. The van der Waals surface area contributed by atoms with Crippen molar-refractivity contribution in [1.82, 2.24) is 0 Å². The Hall–Kier alpha value is -0.570. The highest BCUT2D eigenvalue weighted by Gasteiger charge is 2.28. The first-order chi connectivity index (χ1) is 5.75. The Morgan fingerprint density at radius 1 is 1.75 bits per heavy atom. The number of rotatable bonds is 3. The van der Waals surface area contributed by atoms with Gasteiger partial charge in [0.05, 0.1) is 19.1 Å². The lowest BCUT2D eigenvalue weighted by molar-refractivity contribution is -0.149. The summed E-state index contributed by atoms with van der Waals surface area (Å²) in [5.41, 5.74) is 0. The summed E-state index contributed by atoms with van der Waals surface area (Å²) >= 11 is 0. The number of hydrogen-bond acceptors (Lipinski definition) is 3. The summed E-state index contributed by atoms with van der Waals surface area (Å²) in [5, 5.41) is 0.